The lowest BCUT2D eigenvalue weighted by Gasteiger charge is -2.29. The fraction of sp³-hybridized carbons (Fsp3) is 0.462. The summed E-state index contributed by atoms with van der Waals surface area (Å²) in [6, 6.07) is 8.59. The third-order valence-corrected chi connectivity index (χ3v) is 7.80. The van der Waals surface area contributed by atoms with Crippen molar-refractivity contribution in [2.75, 3.05) is 0 Å². The second-order valence-electron chi connectivity index (χ2n) is 10.0. The molecule has 2 atom stereocenters. The lowest BCUT2D eigenvalue weighted by Crippen LogP contribution is -2.37. The zero-order chi connectivity index (χ0) is 21.3. The molecule has 2 unspecified atom stereocenters. The van der Waals surface area contributed by atoms with Gasteiger partial charge in [0, 0.05) is 34.7 Å². The van der Waals surface area contributed by atoms with Gasteiger partial charge in [0.1, 0.15) is 6.33 Å². The van der Waals surface area contributed by atoms with Crippen molar-refractivity contribution < 1.29 is 0 Å². The predicted molar refractivity (Wildman–Crippen MR) is 133 cm³/mol. The number of nitrogens with zero attached hydrogens (tertiary/aromatic N) is 3. The maximum atomic E-state index is 4.29. The molecule has 2 aliphatic rings. The number of aromatic amines is 1. The number of benzene rings is 1. The largest absolute Gasteiger partial charge is 0.354 e. The Balaban J connectivity index is 0.00000216. The molecule has 0 saturated carbocycles. The number of aryl methyl sites for hydroxylation is 1. The Labute approximate surface area is 195 Å². The molecule has 6 rings (SSSR count). The maximum absolute atomic E-state index is 4.29. The van der Waals surface area contributed by atoms with E-state index in [2.05, 4.69) is 72.6 Å². The lowest BCUT2D eigenvalue weighted by atomic mass is 9.85. The van der Waals surface area contributed by atoms with E-state index in [0.717, 1.165) is 5.65 Å². The van der Waals surface area contributed by atoms with Crippen LogP contribution in [0.25, 0.3) is 27.8 Å². The minimum atomic E-state index is 0. The molecular formula is C26H32ClN5. The van der Waals surface area contributed by atoms with Crippen LogP contribution in [0, 0.1) is 13.8 Å². The summed E-state index contributed by atoms with van der Waals surface area (Å²) in [4.78, 5) is 3.78. The number of piperidine rings is 1. The van der Waals surface area contributed by atoms with Gasteiger partial charge >= 0.3 is 0 Å². The first-order valence-electron chi connectivity index (χ1n) is 11.7. The van der Waals surface area contributed by atoms with Crippen molar-refractivity contribution in [3.05, 3.63) is 53.0 Å². The second-order valence-corrected chi connectivity index (χ2v) is 10.0. The quantitative estimate of drug-likeness (QED) is 0.401. The first-order chi connectivity index (χ1) is 15.0. The Morgan fingerprint density at radius 2 is 1.81 bits per heavy atom. The van der Waals surface area contributed by atoms with Crippen LogP contribution in [-0.4, -0.2) is 31.7 Å². The molecule has 2 N–H and O–H groups in total. The third-order valence-electron chi connectivity index (χ3n) is 7.80. The van der Waals surface area contributed by atoms with Crippen LogP contribution in [-0.2, 0) is 0 Å². The van der Waals surface area contributed by atoms with Crippen molar-refractivity contribution in [2.45, 2.75) is 77.3 Å². The van der Waals surface area contributed by atoms with E-state index in [9.17, 15) is 0 Å². The Hall–Kier alpha value is -2.37. The molecule has 0 radical (unpaired) electrons. The number of H-pyrrole nitrogens is 1. The molecule has 0 amide bonds. The van der Waals surface area contributed by atoms with Gasteiger partial charge in [0.2, 0.25) is 0 Å². The molecule has 5 heterocycles. The lowest BCUT2D eigenvalue weighted by molar-refractivity contribution is 0.363. The number of rotatable bonds is 3. The van der Waals surface area contributed by atoms with Crippen molar-refractivity contribution in [1.29, 1.82) is 0 Å². The summed E-state index contributed by atoms with van der Waals surface area (Å²) in [6.45, 7) is 8.96. The minimum Gasteiger partial charge on any atom is -0.354 e. The van der Waals surface area contributed by atoms with Crippen LogP contribution in [0.1, 0.15) is 73.6 Å². The number of fused-ring (bicyclic) bond motifs is 4. The molecule has 3 aromatic heterocycles. The van der Waals surface area contributed by atoms with Gasteiger partial charge in [-0.2, -0.15) is 0 Å². The highest BCUT2D eigenvalue weighted by Gasteiger charge is 2.34. The van der Waals surface area contributed by atoms with E-state index >= 15 is 0 Å². The number of aromatic nitrogens is 4. The highest BCUT2D eigenvalue weighted by Crippen LogP contribution is 2.41. The van der Waals surface area contributed by atoms with Gasteiger partial charge in [-0.25, -0.2) is 0 Å². The molecule has 1 aromatic carbocycles. The molecule has 0 spiro atoms. The maximum Gasteiger partial charge on any atom is 0.163 e. The third kappa shape index (κ3) is 3.25. The second kappa shape index (κ2) is 7.89. The summed E-state index contributed by atoms with van der Waals surface area (Å²) in [7, 11) is 0. The predicted octanol–water partition coefficient (Wildman–Crippen LogP) is 6.04. The van der Waals surface area contributed by atoms with Crippen molar-refractivity contribution >= 4 is 29.0 Å². The van der Waals surface area contributed by atoms with Crippen LogP contribution in [0.4, 0.5) is 0 Å². The Morgan fingerprint density at radius 3 is 2.53 bits per heavy atom. The Bertz CT molecular complexity index is 1290. The zero-order valence-electron chi connectivity index (χ0n) is 19.3. The summed E-state index contributed by atoms with van der Waals surface area (Å²) in [6.07, 6.45) is 9.22. The van der Waals surface area contributed by atoms with Gasteiger partial charge in [0.05, 0.1) is 5.69 Å². The number of hydrogen-bond acceptors (Lipinski definition) is 3. The number of nitrogens with one attached hydrogen (secondary N) is 2. The molecule has 2 bridgehead atoms. The van der Waals surface area contributed by atoms with Gasteiger partial charge in [0.15, 0.2) is 5.65 Å². The molecule has 0 aliphatic carbocycles. The van der Waals surface area contributed by atoms with Crippen LogP contribution in [0.3, 0.4) is 0 Å². The fourth-order valence-corrected chi connectivity index (χ4v) is 6.09. The molecule has 5 nitrogen and oxygen atoms in total. The van der Waals surface area contributed by atoms with Crippen LogP contribution < -0.4 is 5.32 Å². The summed E-state index contributed by atoms with van der Waals surface area (Å²) in [5, 5.41) is 13.6. The van der Waals surface area contributed by atoms with Gasteiger partial charge in [-0.1, -0.05) is 19.9 Å². The number of halogens is 1. The van der Waals surface area contributed by atoms with Crippen LogP contribution in [0.2, 0.25) is 0 Å². The van der Waals surface area contributed by atoms with E-state index in [1.807, 2.05) is 4.40 Å². The van der Waals surface area contributed by atoms with Crippen LogP contribution in [0.15, 0.2) is 30.7 Å². The van der Waals surface area contributed by atoms with Gasteiger partial charge in [-0.3, -0.25) is 4.40 Å². The molecular weight excluding hydrogens is 418 g/mol. The molecule has 2 saturated heterocycles. The standard InChI is InChI=1S/C26H31N5.ClH/c1-14(2)24-21-11-17(18-9-19-6-7-20(10-18)28-19)5-8-23(21)29-25(24)22-12-31-13-27-30-26(31)16(4)15(22)3;/h5,8,11-14,18-20,28-29H,6-7,9-10H2,1-4H3;1H. The highest BCUT2D eigenvalue weighted by molar-refractivity contribution is 5.92. The first-order valence-corrected chi connectivity index (χ1v) is 11.7. The minimum absolute atomic E-state index is 0. The van der Waals surface area contributed by atoms with Gasteiger partial charge in [-0.05, 0) is 85.8 Å². The van der Waals surface area contributed by atoms with E-state index in [1.54, 1.807) is 6.33 Å². The average molecular weight is 450 g/mol. The molecule has 2 aliphatic heterocycles. The Morgan fingerprint density at radius 1 is 1.06 bits per heavy atom. The van der Waals surface area contributed by atoms with E-state index in [0.29, 0.717) is 23.9 Å². The topological polar surface area (TPSA) is 58.0 Å². The summed E-state index contributed by atoms with van der Waals surface area (Å²) in [5.41, 5.74) is 10.0. The summed E-state index contributed by atoms with van der Waals surface area (Å²) >= 11 is 0. The van der Waals surface area contributed by atoms with Crippen LogP contribution >= 0.6 is 12.4 Å². The van der Waals surface area contributed by atoms with Crippen molar-refractivity contribution in [3.8, 4) is 11.3 Å². The van der Waals surface area contributed by atoms with Crippen molar-refractivity contribution in [3.63, 3.8) is 0 Å². The summed E-state index contributed by atoms with van der Waals surface area (Å²) in [5.74, 6) is 1.11. The first kappa shape index (κ1) is 21.5. The highest BCUT2D eigenvalue weighted by atomic mass is 35.5. The monoisotopic (exact) mass is 449 g/mol. The normalized spacial score (nSPS) is 22.7. The molecule has 4 aromatic rings. The van der Waals surface area contributed by atoms with Gasteiger partial charge in [-0.15, -0.1) is 22.6 Å². The van der Waals surface area contributed by atoms with Crippen molar-refractivity contribution in [2.24, 2.45) is 0 Å². The van der Waals surface area contributed by atoms with Gasteiger partial charge < -0.3 is 10.3 Å². The fourth-order valence-electron chi connectivity index (χ4n) is 6.09. The van der Waals surface area contributed by atoms with Crippen LogP contribution in [0.5, 0.6) is 0 Å². The SMILES string of the molecule is Cc1c(-c2[nH]c3ccc(C4CC5CCC(C4)N5)cc3c2C(C)C)cn2cnnc2c1C.Cl. The average Bonchev–Trinajstić information content (AvgIpc) is 3.46. The van der Waals surface area contributed by atoms with E-state index in [-0.39, 0.29) is 12.4 Å². The molecule has 6 heteroatoms. The number of hydrogen-bond donors (Lipinski definition) is 2. The van der Waals surface area contributed by atoms with Gasteiger partial charge in [0.25, 0.3) is 0 Å². The number of pyridine rings is 1. The van der Waals surface area contributed by atoms with E-state index in [4.69, 9.17) is 0 Å². The smallest absolute Gasteiger partial charge is 0.163 e. The van der Waals surface area contributed by atoms with Crippen molar-refractivity contribution in [1.82, 2.24) is 24.9 Å². The Kier molecular flexibility index (Phi) is 5.30. The van der Waals surface area contributed by atoms with E-state index in [1.165, 1.54) is 70.1 Å². The zero-order valence-corrected chi connectivity index (χ0v) is 20.1. The molecule has 168 valence electrons. The summed E-state index contributed by atoms with van der Waals surface area (Å²) < 4.78 is 2.05. The van der Waals surface area contributed by atoms with E-state index < -0.39 is 0 Å². The molecule has 2 fully saturated rings. The molecule has 32 heavy (non-hydrogen) atoms.